The Labute approximate surface area is 212 Å². The van der Waals surface area contributed by atoms with E-state index >= 15 is 0 Å². The lowest BCUT2D eigenvalue weighted by Crippen LogP contribution is -2.54. The quantitative estimate of drug-likeness (QED) is 0.431. The lowest BCUT2D eigenvalue weighted by atomic mass is 10.0. The van der Waals surface area contributed by atoms with E-state index < -0.39 is 40.0 Å². The molecule has 2 heterocycles. The third kappa shape index (κ3) is 7.74. The summed E-state index contributed by atoms with van der Waals surface area (Å²) in [4.78, 5) is 29.5. The van der Waals surface area contributed by atoms with Crippen LogP contribution in [0.25, 0.3) is 0 Å². The van der Waals surface area contributed by atoms with Crippen LogP contribution >= 0.6 is 0 Å². The summed E-state index contributed by atoms with van der Waals surface area (Å²) in [6.07, 6.45) is 1.51. The van der Waals surface area contributed by atoms with E-state index in [9.17, 15) is 23.1 Å². The first kappa shape index (κ1) is 27.6. The summed E-state index contributed by atoms with van der Waals surface area (Å²) in [6.45, 7) is 3.67. The summed E-state index contributed by atoms with van der Waals surface area (Å²) in [5, 5.41) is 16.2. The number of ether oxygens (including phenoxy) is 1. The Morgan fingerprint density at radius 3 is 2.56 bits per heavy atom. The molecule has 10 nitrogen and oxygen atoms in total. The van der Waals surface area contributed by atoms with Gasteiger partial charge in [-0.25, -0.2) is 13.4 Å². The lowest BCUT2D eigenvalue weighted by molar-refractivity contribution is -0.131. The number of carbonyl (C=O) groups excluding carboxylic acids is 2. The van der Waals surface area contributed by atoms with Gasteiger partial charge in [0.05, 0.1) is 12.1 Å². The number of para-hydroxylation sites is 1. The number of aromatic nitrogens is 1. The van der Waals surface area contributed by atoms with Crippen molar-refractivity contribution >= 4 is 21.8 Å². The summed E-state index contributed by atoms with van der Waals surface area (Å²) in [6, 6.07) is 12.0. The van der Waals surface area contributed by atoms with E-state index in [0.29, 0.717) is 25.0 Å². The standard InChI is InChI=1S/C25H34N4O6S/c1-18(2)15-21(27-23(31)17-35-19-9-4-3-5-10-19)25(32)28-20-11-8-14-29(16-22(20)30)36(33,34)24-12-6-7-13-26-24/h3-7,9-10,12-13,18,20-22,30H,8,11,14-17H2,1-2H3,(H,27,31)(H,28,32)/t20?,21-,22?/m0/s1. The Bertz CT molecular complexity index is 1100. The summed E-state index contributed by atoms with van der Waals surface area (Å²) >= 11 is 0. The SMILES string of the molecule is CC(C)C[C@H](NC(=O)COc1ccccc1)C(=O)NC1CCCN(S(=O)(=O)c2ccccn2)CC1O. The number of sulfonamides is 1. The van der Waals surface area contributed by atoms with Crippen molar-refractivity contribution in [3.05, 3.63) is 54.7 Å². The zero-order valence-corrected chi connectivity index (χ0v) is 21.4. The minimum absolute atomic E-state index is 0.0860. The third-order valence-electron chi connectivity index (χ3n) is 5.82. The molecule has 0 aliphatic carbocycles. The summed E-state index contributed by atoms with van der Waals surface area (Å²) < 4.78 is 32.5. The first-order chi connectivity index (χ1) is 17.2. The Morgan fingerprint density at radius 1 is 1.17 bits per heavy atom. The zero-order chi connectivity index (χ0) is 26.1. The van der Waals surface area contributed by atoms with Crippen LogP contribution in [0.2, 0.25) is 0 Å². The molecular formula is C25H34N4O6S. The Kier molecular flexibility index (Phi) is 9.80. The number of pyridine rings is 1. The largest absolute Gasteiger partial charge is 0.484 e. The van der Waals surface area contributed by atoms with Gasteiger partial charge in [0, 0.05) is 19.3 Å². The molecule has 1 aromatic heterocycles. The van der Waals surface area contributed by atoms with Gasteiger partial charge in [-0.3, -0.25) is 9.59 Å². The monoisotopic (exact) mass is 518 g/mol. The molecule has 1 aliphatic rings. The molecule has 2 unspecified atom stereocenters. The molecule has 1 aliphatic heterocycles. The van der Waals surface area contributed by atoms with Gasteiger partial charge < -0.3 is 20.5 Å². The van der Waals surface area contributed by atoms with E-state index in [2.05, 4.69) is 15.6 Å². The second kappa shape index (κ2) is 12.8. The van der Waals surface area contributed by atoms with Gasteiger partial charge in [-0.15, -0.1) is 0 Å². The highest BCUT2D eigenvalue weighted by atomic mass is 32.2. The topological polar surface area (TPSA) is 138 Å². The number of nitrogens with one attached hydrogen (secondary N) is 2. The first-order valence-corrected chi connectivity index (χ1v) is 13.5. The van der Waals surface area contributed by atoms with Crippen LogP contribution in [0.1, 0.15) is 33.1 Å². The minimum Gasteiger partial charge on any atom is -0.484 e. The van der Waals surface area contributed by atoms with Gasteiger partial charge in [-0.05, 0) is 49.4 Å². The highest BCUT2D eigenvalue weighted by Gasteiger charge is 2.35. The number of nitrogens with zero attached hydrogens (tertiary/aromatic N) is 2. The van der Waals surface area contributed by atoms with E-state index in [1.807, 2.05) is 19.9 Å². The van der Waals surface area contributed by atoms with E-state index in [1.165, 1.54) is 16.6 Å². The van der Waals surface area contributed by atoms with Crippen molar-refractivity contribution in [1.29, 1.82) is 0 Å². The van der Waals surface area contributed by atoms with Crippen molar-refractivity contribution in [3.63, 3.8) is 0 Å². The van der Waals surface area contributed by atoms with Gasteiger partial charge in [-0.1, -0.05) is 38.1 Å². The second-order valence-corrected chi connectivity index (χ2v) is 11.1. The summed E-state index contributed by atoms with van der Waals surface area (Å²) in [5.74, 6) is -0.200. The van der Waals surface area contributed by atoms with Crippen LogP contribution in [0.4, 0.5) is 0 Å². The van der Waals surface area contributed by atoms with Crippen LogP contribution in [0, 0.1) is 5.92 Å². The minimum atomic E-state index is -3.87. The van der Waals surface area contributed by atoms with E-state index in [-0.39, 0.29) is 30.6 Å². The molecule has 36 heavy (non-hydrogen) atoms. The molecular weight excluding hydrogens is 484 g/mol. The normalized spacial score (nSPS) is 19.8. The van der Waals surface area contributed by atoms with Crippen LogP contribution in [0.15, 0.2) is 59.8 Å². The molecule has 2 aromatic rings. The van der Waals surface area contributed by atoms with Crippen molar-refractivity contribution in [1.82, 2.24) is 19.9 Å². The smallest absolute Gasteiger partial charge is 0.260 e. The van der Waals surface area contributed by atoms with Gasteiger partial charge >= 0.3 is 0 Å². The maximum atomic E-state index is 13.1. The van der Waals surface area contributed by atoms with Crippen LogP contribution in [-0.2, 0) is 19.6 Å². The van der Waals surface area contributed by atoms with E-state index in [4.69, 9.17) is 4.74 Å². The molecule has 1 aromatic carbocycles. The maximum Gasteiger partial charge on any atom is 0.260 e. The van der Waals surface area contributed by atoms with Crippen molar-refractivity contribution in [2.75, 3.05) is 19.7 Å². The molecule has 2 amide bonds. The van der Waals surface area contributed by atoms with Crippen LogP contribution in [0.5, 0.6) is 5.75 Å². The van der Waals surface area contributed by atoms with Gasteiger partial charge in [0.15, 0.2) is 11.6 Å². The van der Waals surface area contributed by atoms with Gasteiger partial charge in [0.1, 0.15) is 11.8 Å². The number of aliphatic hydroxyl groups is 1. The molecule has 0 bridgehead atoms. The van der Waals surface area contributed by atoms with E-state index in [1.54, 1.807) is 36.4 Å². The molecule has 3 N–H and O–H groups in total. The summed E-state index contributed by atoms with van der Waals surface area (Å²) in [5.41, 5.74) is 0. The highest BCUT2D eigenvalue weighted by Crippen LogP contribution is 2.20. The third-order valence-corrected chi connectivity index (χ3v) is 7.60. The summed E-state index contributed by atoms with van der Waals surface area (Å²) in [7, 11) is -3.87. The molecule has 3 atom stereocenters. The molecule has 11 heteroatoms. The Morgan fingerprint density at radius 2 is 1.89 bits per heavy atom. The number of β-amino-alcohol motifs (C(OH)–C–C–N with tert-alkyl or cyclic N) is 1. The Hall–Kier alpha value is -3.02. The molecule has 0 spiro atoms. The molecule has 0 radical (unpaired) electrons. The molecule has 196 valence electrons. The Balaban J connectivity index is 1.60. The van der Waals surface area contributed by atoms with Gasteiger partial charge in [0.2, 0.25) is 5.91 Å². The van der Waals surface area contributed by atoms with Gasteiger partial charge in [-0.2, -0.15) is 4.31 Å². The molecule has 3 rings (SSSR count). The predicted molar refractivity (Wildman–Crippen MR) is 133 cm³/mol. The highest BCUT2D eigenvalue weighted by molar-refractivity contribution is 7.89. The number of benzene rings is 1. The first-order valence-electron chi connectivity index (χ1n) is 12.0. The second-order valence-electron chi connectivity index (χ2n) is 9.21. The average molecular weight is 519 g/mol. The van der Waals surface area contributed by atoms with Gasteiger partial charge in [0.25, 0.3) is 15.9 Å². The fraction of sp³-hybridized carbons (Fsp3) is 0.480. The fourth-order valence-electron chi connectivity index (χ4n) is 4.01. The van der Waals surface area contributed by atoms with Crippen LogP contribution < -0.4 is 15.4 Å². The molecule has 0 saturated carbocycles. The predicted octanol–water partition coefficient (Wildman–Crippen LogP) is 1.32. The van der Waals surface area contributed by atoms with Crippen LogP contribution in [-0.4, -0.2) is 72.5 Å². The molecule has 1 fully saturated rings. The zero-order valence-electron chi connectivity index (χ0n) is 20.5. The van der Waals surface area contributed by atoms with E-state index in [0.717, 1.165) is 0 Å². The van der Waals surface area contributed by atoms with Crippen molar-refractivity contribution in [2.45, 2.75) is 56.3 Å². The number of amides is 2. The molecule has 1 saturated heterocycles. The van der Waals surface area contributed by atoms with Crippen molar-refractivity contribution < 1.29 is 27.9 Å². The number of aliphatic hydroxyl groups excluding tert-OH is 1. The number of rotatable bonds is 10. The van der Waals surface area contributed by atoms with Crippen LogP contribution in [0.3, 0.4) is 0 Å². The van der Waals surface area contributed by atoms with Crippen molar-refractivity contribution in [2.24, 2.45) is 5.92 Å². The fourth-order valence-corrected chi connectivity index (χ4v) is 5.44. The number of hydrogen-bond donors (Lipinski definition) is 3. The van der Waals surface area contributed by atoms with Crippen molar-refractivity contribution in [3.8, 4) is 5.75 Å². The average Bonchev–Trinajstić information content (AvgIpc) is 3.05. The number of hydrogen-bond acceptors (Lipinski definition) is 7. The number of carbonyl (C=O) groups is 2. The lowest BCUT2D eigenvalue weighted by Gasteiger charge is -2.27. The maximum absolute atomic E-state index is 13.1.